The molecule has 98 valence electrons. The lowest BCUT2D eigenvalue weighted by atomic mass is 9.86. The fourth-order valence-electron chi connectivity index (χ4n) is 3.20. The second kappa shape index (κ2) is 4.80. The van der Waals surface area contributed by atoms with Crippen LogP contribution in [-0.4, -0.2) is 31.1 Å². The highest BCUT2D eigenvalue weighted by Crippen LogP contribution is 2.36. The maximum absolute atomic E-state index is 13.4. The number of halogens is 2. The third-order valence-electron chi connectivity index (χ3n) is 4.24. The Hall–Kier alpha value is -0.640. The van der Waals surface area contributed by atoms with Gasteiger partial charge in [0.15, 0.2) is 0 Å². The van der Waals surface area contributed by atoms with Crippen molar-refractivity contribution in [3.63, 3.8) is 0 Å². The van der Waals surface area contributed by atoms with Crippen LogP contribution in [0.1, 0.15) is 18.4 Å². The van der Waals surface area contributed by atoms with Gasteiger partial charge >= 0.3 is 0 Å². The average Bonchev–Trinajstić information content (AvgIpc) is 2.96. The van der Waals surface area contributed by atoms with E-state index in [-0.39, 0.29) is 10.8 Å². The maximum atomic E-state index is 13.4. The minimum Gasteiger partial charge on any atom is -0.316 e. The molecule has 1 spiro atoms. The predicted octanol–water partition coefficient (Wildman–Crippen LogP) is 2.66. The molecule has 2 nitrogen and oxygen atoms in total. The molecule has 2 heterocycles. The third kappa shape index (κ3) is 2.40. The Labute approximate surface area is 112 Å². The van der Waals surface area contributed by atoms with Crippen molar-refractivity contribution in [1.82, 2.24) is 10.2 Å². The van der Waals surface area contributed by atoms with Crippen LogP contribution < -0.4 is 5.32 Å². The molecule has 0 radical (unpaired) electrons. The van der Waals surface area contributed by atoms with Crippen molar-refractivity contribution in [3.05, 3.63) is 34.6 Å². The van der Waals surface area contributed by atoms with E-state index in [4.69, 9.17) is 11.6 Å². The summed E-state index contributed by atoms with van der Waals surface area (Å²) < 4.78 is 13.4. The normalized spacial score (nSPS) is 28.3. The zero-order chi connectivity index (χ0) is 12.6. The topological polar surface area (TPSA) is 15.3 Å². The molecule has 0 aromatic heterocycles. The van der Waals surface area contributed by atoms with Crippen LogP contribution in [0.3, 0.4) is 0 Å². The summed E-state index contributed by atoms with van der Waals surface area (Å²) in [4.78, 5) is 2.43. The Kier molecular flexibility index (Phi) is 3.31. The predicted molar refractivity (Wildman–Crippen MR) is 71.2 cm³/mol. The molecule has 2 aliphatic heterocycles. The zero-order valence-electron chi connectivity index (χ0n) is 10.4. The van der Waals surface area contributed by atoms with E-state index in [1.807, 2.05) is 6.07 Å². The minimum atomic E-state index is -0.314. The van der Waals surface area contributed by atoms with Gasteiger partial charge < -0.3 is 5.32 Å². The first-order valence-corrected chi connectivity index (χ1v) is 6.92. The van der Waals surface area contributed by atoms with Crippen LogP contribution in [0, 0.1) is 11.2 Å². The molecule has 1 unspecified atom stereocenters. The standard InChI is InChI=1S/C14H18ClFN2/c15-12-2-1-11(7-13(12)16)8-18-6-4-14(10-18)3-5-17-9-14/h1-2,7,17H,3-6,8-10H2. The molecule has 1 aromatic rings. The van der Waals surface area contributed by atoms with Crippen molar-refractivity contribution in [2.45, 2.75) is 19.4 Å². The zero-order valence-corrected chi connectivity index (χ0v) is 11.1. The van der Waals surface area contributed by atoms with Crippen molar-refractivity contribution in [2.75, 3.05) is 26.2 Å². The van der Waals surface area contributed by atoms with Crippen molar-refractivity contribution in [2.24, 2.45) is 5.41 Å². The Morgan fingerprint density at radius 1 is 1.39 bits per heavy atom. The molecule has 2 aliphatic rings. The highest BCUT2D eigenvalue weighted by Gasteiger charge is 2.39. The molecule has 4 heteroatoms. The van der Waals surface area contributed by atoms with Gasteiger partial charge in [0.05, 0.1) is 5.02 Å². The first-order chi connectivity index (χ1) is 8.67. The molecule has 0 saturated carbocycles. The van der Waals surface area contributed by atoms with Gasteiger partial charge in [-0.15, -0.1) is 0 Å². The van der Waals surface area contributed by atoms with E-state index in [0.29, 0.717) is 5.41 Å². The highest BCUT2D eigenvalue weighted by molar-refractivity contribution is 6.30. The van der Waals surface area contributed by atoms with E-state index < -0.39 is 0 Å². The Morgan fingerprint density at radius 3 is 3.00 bits per heavy atom. The molecule has 0 bridgehead atoms. The number of hydrogen-bond acceptors (Lipinski definition) is 2. The smallest absolute Gasteiger partial charge is 0.142 e. The molecule has 1 aromatic carbocycles. The molecule has 0 amide bonds. The van der Waals surface area contributed by atoms with Crippen LogP contribution in [-0.2, 0) is 6.54 Å². The van der Waals surface area contributed by atoms with Gasteiger partial charge in [-0.1, -0.05) is 17.7 Å². The van der Waals surface area contributed by atoms with Crippen LogP contribution in [0.25, 0.3) is 0 Å². The average molecular weight is 269 g/mol. The van der Waals surface area contributed by atoms with E-state index in [1.165, 1.54) is 12.8 Å². The van der Waals surface area contributed by atoms with Gasteiger partial charge in [-0.05, 0) is 49.0 Å². The summed E-state index contributed by atoms with van der Waals surface area (Å²) in [6.45, 7) is 5.36. The maximum Gasteiger partial charge on any atom is 0.142 e. The monoisotopic (exact) mass is 268 g/mol. The second-order valence-corrected chi connectivity index (χ2v) is 6.04. The van der Waals surface area contributed by atoms with E-state index in [9.17, 15) is 4.39 Å². The van der Waals surface area contributed by atoms with Crippen molar-refractivity contribution < 1.29 is 4.39 Å². The summed E-state index contributed by atoms with van der Waals surface area (Å²) in [6, 6.07) is 5.12. The summed E-state index contributed by atoms with van der Waals surface area (Å²) >= 11 is 5.70. The Bertz CT molecular complexity index is 443. The van der Waals surface area contributed by atoms with Gasteiger partial charge in [0.2, 0.25) is 0 Å². The molecule has 3 rings (SSSR count). The molecule has 18 heavy (non-hydrogen) atoms. The van der Waals surface area contributed by atoms with Gasteiger partial charge in [-0.25, -0.2) is 4.39 Å². The van der Waals surface area contributed by atoms with Crippen LogP contribution in [0.5, 0.6) is 0 Å². The second-order valence-electron chi connectivity index (χ2n) is 5.64. The minimum absolute atomic E-state index is 0.205. The summed E-state index contributed by atoms with van der Waals surface area (Å²) in [5.41, 5.74) is 1.49. The first kappa shape index (κ1) is 12.4. The quantitative estimate of drug-likeness (QED) is 0.887. The SMILES string of the molecule is Fc1cc(CN2CCC3(CCNC3)C2)ccc1Cl. The van der Waals surface area contributed by atoms with Gasteiger partial charge in [0.1, 0.15) is 5.82 Å². The number of likely N-dealkylation sites (tertiary alicyclic amines) is 1. The van der Waals surface area contributed by atoms with Crippen molar-refractivity contribution in [3.8, 4) is 0 Å². The Balaban J connectivity index is 1.65. The van der Waals surface area contributed by atoms with E-state index >= 15 is 0 Å². The van der Waals surface area contributed by atoms with Gasteiger partial charge in [-0.2, -0.15) is 0 Å². The van der Waals surface area contributed by atoms with Gasteiger partial charge in [-0.3, -0.25) is 4.90 Å². The third-order valence-corrected chi connectivity index (χ3v) is 4.55. The largest absolute Gasteiger partial charge is 0.316 e. The van der Waals surface area contributed by atoms with Gasteiger partial charge in [0.25, 0.3) is 0 Å². The van der Waals surface area contributed by atoms with E-state index in [0.717, 1.165) is 38.3 Å². The van der Waals surface area contributed by atoms with E-state index in [1.54, 1.807) is 12.1 Å². The molecule has 2 saturated heterocycles. The number of hydrogen-bond donors (Lipinski definition) is 1. The molecule has 1 N–H and O–H groups in total. The number of rotatable bonds is 2. The lowest BCUT2D eigenvalue weighted by molar-refractivity contribution is 0.268. The molecular weight excluding hydrogens is 251 g/mol. The molecule has 2 fully saturated rings. The molecular formula is C14H18ClFN2. The number of benzene rings is 1. The summed E-state index contributed by atoms with van der Waals surface area (Å²) in [7, 11) is 0. The fraction of sp³-hybridized carbons (Fsp3) is 0.571. The lowest BCUT2D eigenvalue weighted by Gasteiger charge is -2.22. The number of nitrogens with one attached hydrogen (secondary N) is 1. The van der Waals surface area contributed by atoms with Crippen LogP contribution in [0.4, 0.5) is 4.39 Å². The summed E-state index contributed by atoms with van der Waals surface area (Å²) in [6.07, 6.45) is 2.54. The van der Waals surface area contributed by atoms with E-state index in [2.05, 4.69) is 10.2 Å². The number of nitrogens with zero attached hydrogens (tertiary/aromatic N) is 1. The first-order valence-electron chi connectivity index (χ1n) is 6.54. The summed E-state index contributed by atoms with van der Waals surface area (Å²) in [5, 5.41) is 3.66. The van der Waals surface area contributed by atoms with Crippen molar-refractivity contribution in [1.29, 1.82) is 0 Å². The van der Waals surface area contributed by atoms with Crippen LogP contribution in [0.2, 0.25) is 5.02 Å². The fourth-order valence-corrected chi connectivity index (χ4v) is 3.32. The highest BCUT2D eigenvalue weighted by atomic mass is 35.5. The van der Waals surface area contributed by atoms with Crippen LogP contribution in [0.15, 0.2) is 18.2 Å². The van der Waals surface area contributed by atoms with Crippen molar-refractivity contribution >= 4 is 11.6 Å². The Morgan fingerprint density at radius 2 is 2.28 bits per heavy atom. The molecule has 0 aliphatic carbocycles. The van der Waals surface area contributed by atoms with Crippen LogP contribution >= 0.6 is 11.6 Å². The molecule has 1 atom stereocenters. The lowest BCUT2D eigenvalue weighted by Crippen LogP contribution is -2.28. The summed E-state index contributed by atoms with van der Waals surface area (Å²) in [5.74, 6) is -0.314. The van der Waals surface area contributed by atoms with Gasteiger partial charge in [0, 0.05) is 19.6 Å².